The highest BCUT2D eigenvalue weighted by Gasteiger charge is 2.68. The lowest BCUT2D eigenvalue weighted by Gasteiger charge is -2.18. The second-order valence-corrected chi connectivity index (χ2v) is 7.21. The van der Waals surface area contributed by atoms with E-state index in [-0.39, 0.29) is 24.1 Å². The van der Waals surface area contributed by atoms with Crippen LogP contribution in [0.1, 0.15) is 6.42 Å². The van der Waals surface area contributed by atoms with Crippen molar-refractivity contribution < 1.29 is 29.1 Å². The van der Waals surface area contributed by atoms with Gasteiger partial charge < -0.3 is 25.7 Å². The van der Waals surface area contributed by atoms with Crippen molar-refractivity contribution in [1.82, 2.24) is 19.5 Å². The Hall–Kier alpha value is -2.04. The quantitative estimate of drug-likeness (QED) is 0.454. The number of aromatic nitrogens is 4. The van der Waals surface area contributed by atoms with E-state index in [1.807, 2.05) is 0 Å². The van der Waals surface area contributed by atoms with Crippen molar-refractivity contribution in [3.63, 3.8) is 0 Å². The summed E-state index contributed by atoms with van der Waals surface area (Å²) >= 11 is 0. The summed E-state index contributed by atoms with van der Waals surface area (Å²) < 4.78 is 17.0. The number of phosphoric acid groups is 1. The van der Waals surface area contributed by atoms with Crippen LogP contribution in [0.3, 0.4) is 0 Å². The van der Waals surface area contributed by atoms with Gasteiger partial charge >= 0.3 is 7.82 Å². The van der Waals surface area contributed by atoms with E-state index in [9.17, 15) is 14.8 Å². The van der Waals surface area contributed by atoms with Gasteiger partial charge in [-0.1, -0.05) is 0 Å². The Kier molecular flexibility index (Phi) is 3.06. The van der Waals surface area contributed by atoms with Crippen LogP contribution < -0.4 is 5.73 Å². The number of allylic oxidation sites excluding steroid dienone is 1. The van der Waals surface area contributed by atoms with Gasteiger partial charge in [0.15, 0.2) is 17.0 Å². The number of nitrogens with two attached hydrogens (primary N) is 1. The summed E-state index contributed by atoms with van der Waals surface area (Å²) in [5, 5.41) is 20.6. The maximum Gasteiger partial charge on any atom is 0.469 e. The van der Waals surface area contributed by atoms with Gasteiger partial charge in [-0.15, -0.1) is 0 Å². The molecule has 2 aliphatic carbocycles. The molecule has 0 aromatic carbocycles. The Morgan fingerprint density at radius 3 is 2.88 bits per heavy atom. The standard InChI is InChI=1S/C12H14N5O6P/c13-10-6-11(15-3-14-10)17(4-16-6)7-5-1-12(5,9(19)8(7)18)2-23-24(20,21)22/h3-5,9,18-19H,1-2H2,(H2,13,14,15)(H2,20,21,22)/t5-,9+,12+/m1/s1. The maximum absolute atomic E-state index is 10.9. The average molecular weight is 355 g/mol. The van der Waals surface area contributed by atoms with Crippen molar-refractivity contribution in [2.75, 3.05) is 12.3 Å². The van der Waals surface area contributed by atoms with E-state index < -0.39 is 19.3 Å². The SMILES string of the molecule is Nc1ncnc2c1ncn2C1=C(O)[C@H](O)[C@]2(COP(=O)(O)O)C[C@H]12. The van der Waals surface area contributed by atoms with Crippen LogP contribution in [0.2, 0.25) is 0 Å². The van der Waals surface area contributed by atoms with Crippen molar-refractivity contribution >= 4 is 30.5 Å². The zero-order chi connectivity index (χ0) is 17.3. The second kappa shape index (κ2) is 4.74. The molecule has 24 heavy (non-hydrogen) atoms. The van der Waals surface area contributed by atoms with Crippen LogP contribution in [0.4, 0.5) is 5.82 Å². The first kappa shape index (κ1) is 15.5. The fraction of sp³-hybridized carbons (Fsp3) is 0.417. The predicted octanol–water partition coefficient (Wildman–Crippen LogP) is -0.375. The van der Waals surface area contributed by atoms with Gasteiger partial charge in [0, 0.05) is 11.3 Å². The second-order valence-electron chi connectivity index (χ2n) is 5.97. The molecule has 0 unspecified atom stereocenters. The van der Waals surface area contributed by atoms with E-state index in [0.29, 0.717) is 23.3 Å². The van der Waals surface area contributed by atoms with Gasteiger partial charge in [-0.25, -0.2) is 19.5 Å². The Bertz CT molecular complexity index is 922. The zero-order valence-electron chi connectivity index (χ0n) is 12.1. The highest BCUT2D eigenvalue weighted by atomic mass is 31.2. The minimum absolute atomic E-state index is 0.185. The summed E-state index contributed by atoms with van der Waals surface area (Å²) in [4.78, 5) is 29.8. The van der Waals surface area contributed by atoms with Gasteiger partial charge in [0.2, 0.25) is 0 Å². The molecule has 2 aliphatic rings. The van der Waals surface area contributed by atoms with Crippen LogP contribution in [0.15, 0.2) is 18.4 Å². The number of nitrogens with zero attached hydrogens (tertiary/aromatic N) is 4. The number of aliphatic hydroxyl groups is 2. The minimum atomic E-state index is -4.67. The Morgan fingerprint density at radius 1 is 1.42 bits per heavy atom. The Morgan fingerprint density at radius 2 is 2.17 bits per heavy atom. The summed E-state index contributed by atoms with van der Waals surface area (Å²) in [5.41, 5.74) is 5.87. The van der Waals surface area contributed by atoms with Crippen LogP contribution in [-0.2, 0) is 9.09 Å². The normalized spacial score (nSPS) is 29.3. The summed E-state index contributed by atoms with van der Waals surface area (Å²) in [7, 11) is -4.67. The van der Waals surface area contributed by atoms with Crippen LogP contribution in [0.25, 0.3) is 16.9 Å². The van der Waals surface area contributed by atoms with Crippen molar-refractivity contribution in [2.24, 2.45) is 11.3 Å². The predicted molar refractivity (Wildman–Crippen MR) is 80.1 cm³/mol. The van der Waals surface area contributed by atoms with E-state index in [1.54, 1.807) is 0 Å². The number of phosphoric ester groups is 1. The molecule has 3 atom stereocenters. The molecule has 2 aromatic rings. The van der Waals surface area contributed by atoms with Crippen molar-refractivity contribution in [2.45, 2.75) is 12.5 Å². The van der Waals surface area contributed by atoms with E-state index in [4.69, 9.17) is 15.5 Å². The highest BCUT2D eigenvalue weighted by molar-refractivity contribution is 7.46. The summed E-state index contributed by atoms with van der Waals surface area (Å²) in [6.07, 6.45) is 1.79. The molecule has 0 amide bonds. The Labute approximate surface area is 134 Å². The lowest BCUT2D eigenvalue weighted by Crippen LogP contribution is -2.26. The molecular formula is C12H14N5O6P. The van der Waals surface area contributed by atoms with Gasteiger partial charge in [0.1, 0.15) is 24.5 Å². The molecule has 11 nitrogen and oxygen atoms in total. The number of hydrogen-bond donors (Lipinski definition) is 5. The third-order valence-corrected chi connectivity index (χ3v) is 5.10. The minimum Gasteiger partial charge on any atom is -0.508 e. The molecule has 12 heteroatoms. The van der Waals surface area contributed by atoms with Crippen LogP contribution >= 0.6 is 7.82 Å². The molecule has 1 saturated carbocycles. The Balaban J connectivity index is 1.72. The van der Waals surface area contributed by atoms with Crippen LogP contribution in [0, 0.1) is 11.3 Å². The maximum atomic E-state index is 10.9. The third kappa shape index (κ3) is 2.06. The van der Waals surface area contributed by atoms with E-state index in [2.05, 4.69) is 19.5 Å². The van der Waals surface area contributed by atoms with Crippen LogP contribution in [-0.4, -0.2) is 52.2 Å². The van der Waals surface area contributed by atoms with Crippen molar-refractivity contribution in [3.05, 3.63) is 18.4 Å². The first-order chi connectivity index (χ1) is 11.2. The number of imidazole rings is 1. The molecule has 128 valence electrons. The van der Waals surface area contributed by atoms with Crippen molar-refractivity contribution in [1.29, 1.82) is 0 Å². The van der Waals surface area contributed by atoms with E-state index in [0.717, 1.165) is 0 Å². The number of rotatable bonds is 4. The molecule has 0 saturated heterocycles. The highest BCUT2D eigenvalue weighted by Crippen LogP contribution is 2.67. The van der Waals surface area contributed by atoms with Crippen LogP contribution in [0.5, 0.6) is 0 Å². The number of nitrogen functional groups attached to an aromatic ring is 1. The molecule has 2 aromatic heterocycles. The molecule has 0 aliphatic heterocycles. The fourth-order valence-corrected chi connectivity index (χ4v) is 3.75. The number of fused-ring (bicyclic) bond motifs is 2. The number of aliphatic hydroxyl groups excluding tert-OH is 2. The first-order valence-corrected chi connectivity index (χ1v) is 8.53. The molecule has 4 rings (SSSR count). The van der Waals surface area contributed by atoms with Gasteiger partial charge in [-0.2, -0.15) is 0 Å². The topological polar surface area (TPSA) is 177 Å². The number of anilines is 1. The fourth-order valence-electron chi connectivity index (χ4n) is 3.35. The third-order valence-electron chi connectivity index (χ3n) is 4.64. The monoisotopic (exact) mass is 355 g/mol. The summed E-state index contributed by atoms with van der Waals surface area (Å²) in [5.74, 6) is -0.450. The lowest BCUT2D eigenvalue weighted by molar-refractivity contribution is 0.0494. The first-order valence-electron chi connectivity index (χ1n) is 7.00. The van der Waals surface area contributed by atoms with Gasteiger partial charge in [0.25, 0.3) is 0 Å². The smallest absolute Gasteiger partial charge is 0.469 e. The van der Waals surface area contributed by atoms with Gasteiger partial charge in [0.05, 0.1) is 12.3 Å². The van der Waals surface area contributed by atoms with Gasteiger partial charge in [-0.05, 0) is 6.42 Å². The molecule has 0 radical (unpaired) electrons. The molecule has 2 heterocycles. The molecule has 1 fully saturated rings. The van der Waals surface area contributed by atoms with Gasteiger partial charge in [-0.3, -0.25) is 9.09 Å². The zero-order valence-corrected chi connectivity index (χ0v) is 13.0. The van der Waals surface area contributed by atoms with E-state index in [1.165, 1.54) is 17.2 Å². The molecule has 6 N–H and O–H groups in total. The largest absolute Gasteiger partial charge is 0.508 e. The molecule has 0 bridgehead atoms. The van der Waals surface area contributed by atoms with Crippen molar-refractivity contribution in [3.8, 4) is 0 Å². The lowest BCUT2D eigenvalue weighted by atomic mass is 10.0. The molecular weight excluding hydrogens is 341 g/mol. The molecule has 0 spiro atoms. The number of hydrogen-bond acceptors (Lipinski definition) is 8. The average Bonchev–Trinajstić information content (AvgIpc) is 3.00. The van der Waals surface area contributed by atoms with E-state index >= 15 is 0 Å². The summed E-state index contributed by atoms with van der Waals surface area (Å²) in [6.45, 7) is -0.375. The summed E-state index contributed by atoms with van der Waals surface area (Å²) in [6, 6.07) is 0.